The third-order valence-electron chi connectivity index (χ3n) is 5.30. The first kappa shape index (κ1) is 17.1. The third-order valence-corrected chi connectivity index (χ3v) is 5.30. The van der Waals surface area contributed by atoms with Crippen LogP contribution in [0.5, 0.6) is 0 Å². The van der Waals surface area contributed by atoms with Crippen molar-refractivity contribution in [1.82, 2.24) is 10.2 Å². The van der Waals surface area contributed by atoms with Crippen LogP contribution in [0.4, 0.5) is 13.2 Å². The Bertz CT molecular complexity index is 807. The Kier molecular flexibility index (Phi) is 4.26. The summed E-state index contributed by atoms with van der Waals surface area (Å²) in [5.74, 6) is 0.161. The third kappa shape index (κ3) is 3.23. The van der Waals surface area contributed by atoms with Crippen LogP contribution in [0.25, 0.3) is 11.3 Å². The largest absolute Gasteiger partial charge is 0.451 e. The summed E-state index contributed by atoms with van der Waals surface area (Å²) in [7, 11) is 0. The number of alkyl halides is 3. The first-order valence-electron chi connectivity index (χ1n) is 8.71. The molecule has 1 aromatic carbocycles. The van der Waals surface area contributed by atoms with Crippen molar-refractivity contribution in [1.29, 1.82) is 0 Å². The van der Waals surface area contributed by atoms with Gasteiger partial charge in [0.25, 0.3) is 5.91 Å². The van der Waals surface area contributed by atoms with Gasteiger partial charge in [-0.25, -0.2) is 0 Å². The number of benzene rings is 1. The predicted molar refractivity (Wildman–Crippen MR) is 89.6 cm³/mol. The molecular weight excluding hydrogens is 345 g/mol. The van der Waals surface area contributed by atoms with Crippen LogP contribution in [-0.4, -0.2) is 36.5 Å². The SMILES string of the molecule is O=C(N[C@H]1CN2CCC1CC2)c1ccc(-c2ccccc2C(F)(F)F)o1. The molecule has 3 fully saturated rings. The molecule has 3 aliphatic rings. The summed E-state index contributed by atoms with van der Waals surface area (Å²) in [5.41, 5.74) is -0.847. The Morgan fingerprint density at radius 2 is 1.85 bits per heavy atom. The lowest BCUT2D eigenvalue weighted by Gasteiger charge is -2.44. The van der Waals surface area contributed by atoms with Gasteiger partial charge in [-0.1, -0.05) is 18.2 Å². The Balaban J connectivity index is 1.53. The minimum atomic E-state index is -4.48. The zero-order chi connectivity index (χ0) is 18.3. The number of furan rings is 1. The van der Waals surface area contributed by atoms with Crippen LogP contribution in [-0.2, 0) is 6.18 Å². The van der Waals surface area contributed by atoms with Crippen molar-refractivity contribution < 1.29 is 22.4 Å². The van der Waals surface area contributed by atoms with Crippen molar-refractivity contribution in [2.75, 3.05) is 19.6 Å². The molecule has 1 amide bonds. The Labute approximate surface area is 149 Å². The van der Waals surface area contributed by atoms with Gasteiger partial charge in [-0.15, -0.1) is 0 Å². The molecule has 2 bridgehead atoms. The summed E-state index contributed by atoms with van der Waals surface area (Å²) < 4.78 is 45.0. The fourth-order valence-corrected chi connectivity index (χ4v) is 3.92. The number of amides is 1. The Morgan fingerprint density at radius 1 is 1.12 bits per heavy atom. The van der Waals surface area contributed by atoms with Crippen LogP contribution < -0.4 is 5.32 Å². The molecule has 1 N–H and O–H groups in total. The zero-order valence-corrected chi connectivity index (χ0v) is 14.1. The van der Waals surface area contributed by atoms with Gasteiger partial charge in [-0.05, 0) is 50.0 Å². The fraction of sp³-hybridized carbons (Fsp3) is 0.421. The molecule has 5 rings (SSSR count). The van der Waals surface area contributed by atoms with E-state index in [1.54, 1.807) is 0 Å². The molecule has 0 spiro atoms. The monoisotopic (exact) mass is 364 g/mol. The van der Waals surface area contributed by atoms with Gasteiger partial charge in [0.2, 0.25) is 0 Å². The number of carbonyl (C=O) groups excluding carboxylic acids is 1. The topological polar surface area (TPSA) is 45.5 Å². The number of hydrogen-bond donors (Lipinski definition) is 1. The highest BCUT2D eigenvalue weighted by Gasteiger charge is 2.36. The van der Waals surface area contributed by atoms with E-state index in [1.807, 2.05) is 0 Å². The first-order chi connectivity index (χ1) is 12.4. The maximum absolute atomic E-state index is 13.2. The number of piperidine rings is 3. The van der Waals surface area contributed by atoms with E-state index in [0.29, 0.717) is 5.92 Å². The average molecular weight is 364 g/mol. The van der Waals surface area contributed by atoms with E-state index >= 15 is 0 Å². The fourth-order valence-electron chi connectivity index (χ4n) is 3.92. The summed E-state index contributed by atoms with van der Waals surface area (Å²) in [6.07, 6.45) is -2.36. The van der Waals surface area contributed by atoms with Crippen molar-refractivity contribution in [2.24, 2.45) is 5.92 Å². The van der Waals surface area contributed by atoms with Gasteiger partial charge < -0.3 is 14.6 Å². The van der Waals surface area contributed by atoms with Gasteiger partial charge in [-0.3, -0.25) is 4.79 Å². The molecule has 4 heterocycles. The predicted octanol–water partition coefficient (Wildman–Crippen LogP) is 3.79. The molecule has 4 nitrogen and oxygen atoms in total. The van der Waals surface area contributed by atoms with Crippen LogP contribution in [0, 0.1) is 5.92 Å². The second kappa shape index (κ2) is 6.46. The highest BCUT2D eigenvalue weighted by Crippen LogP contribution is 2.37. The van der Waals surface area contributed by atoms with E-state index in [0.717, 1.165) is 38.5 Å². The number of fused-ring (bicyclic) bond motifs is 3. The minimum absolute atomic E-state index is 0.0356. The molecule has 0 saturated carbocycles. The zero-order valence-electron chi connectivity index (χ0n) is 14.1. The summed E-state index contributed by atoms with van der Waals surface area (Å²) in [4.78, 5) is 14.8. The van der Waals surface area contributed by atoms with E-state index in [-0.39, 0.29) is 29.0 Å². The van der Waals surface area contributed by atoms with Crippen molar-refractivity contribution in [3.63, 3.8) is 0 Å². The standard InChI is InChI=1S/C19H19F3N2O2/c20-19(21,22)14-4-2-1-3-13(14)16-5-6-17(26-16)18(25)23-15-11-24-9-7-12(15)8-10-24/h1-6,12,15H,7-11H2,(H,23,25)/t15-/m0/s1. The lowest BCUT2D eigenvalue weighted by Crippen LogP contribution is -2.57. The maximum Gasteiger partial charge on any atom is 0.417 e. The molecule has 2 aromatic rings. The first-order valence-corrected chi connectivity index (χ1v) is 8.71. The van der Waals surface area contributed by atoms with Gasteiger partial charge in [0.1, 0.15) is 5.76 Å². The quantitative estimate of drug-likeness (QED) is 0.901. The van der Waals surface area contributed by atoms with E-state index in [1.165, 1.54) is 30.3 Å². The van der Waals surface area contributed by atoms with Crippen LogP contribution in [0.15, 0.2) is 40.8 Å². The van der Waals surface area contributed by atoms with Crippen LogP contribution >= 0.6 is 0 Å². The van der Waals surface area contributed by atoms with Crippen molar-refractivity contribution in [3.05, 3.63) is 47.7 Å². The van der Waals surface area contributed by atoms with Crippen LogP contribution in [0.3, 0.4) is 0 Å². The summed E-state index contributed by atoms with van der Waals surface area (Å²) in [6.45, 7) is 2.95. The summed E-state index contributed by atoms with van der Waals surface area (Å²) in [5, 5.41) is 2.98. The molecule has 0 unspecified atom stereocenters. The van der Waals surface area contributed by atoms with Crippen LogP contribution in [0.2, 0.25) is 0 Å². The molecule has 1 aromatic heterocycles. The molecule has 0 radical (unpaired) electrons. The van der Waals surface area contributed by atoms with E-state index in [4.69, 9.17) is 4.42 Å². The number of nitrogens with zero attached hydrogens (tertiary/aromatic N) is 1. The van der Waals surface area contributed by atoms with Crippen LogP contribution in [0.1, 0.15) is 29.0 Å². The van der Waals surface area contributed by atoms with Crippen molar-refractivity contribution in [3.8, 4) is 11.3 Å². The number of rotatable bonds is 3. The summed E-state index contributed by atoms with van der Waals surface area (Å²) in [6, 6.07) is 8.11. The Hall–Kier alpha value is -2.28. The van der Waals surface area contributed by atoms with Gasteiger partial charge in [-0.2, -0.15) is 13.2 Å². The Morgan fingerprint density at radius 3 is 2.50 bits per heavy atom. The minimum Gasteiger partial charge on any atom is -0.451 e. The van der Waals surface area contributed by atoms with Crippen molar-refractivity contribution in [2.45, 2.75) is 25.1 Å². The van der Waals surface area contributed by atoms with Gasteiger partial charge in [0, 0.05) is 18.2 Å². The molecule has 7 heteroatoms. The molecule has 3 saturated heterocycles. The summed E-state index contributed by atoms with van der Waals surface area (Å²) >= 11 is 0. The average Bonchev–Trinajstić information content (AvgIpc) is 3.12. The molecule has 26 heavy (non-hydrogen) atoms. The van der Waals surface area contributed by atoms with Gasteiger partial charge >= 0.3 is 6.18 Å². The second-order valence-electron chi connectivity index (χ2n) is 6.93. The second-order valence-corrected chi connectivity index (χ2v) is 6.93. The van der Waals surface area contributed by atoms with E-state index in [9.17, 15) is 18.0 Å². The van der Waals surface area contributed by atoms with Gasteiger partial charge in [0.15, 0.2) is 5.76 Å². The number of carbonyl (C=O) groups is 1. The molecule has 3 aliphatic heterocycles. The van der Waals surface area contributed by atoms with Crippen molar-refractivity contribution >= 4 is 5.91 Å². The number of hydrogen-bond acceptors (Lipinski definition) is 3. The lowest BCUT2D eigenvalue weighted by atomic mass is 9.84. The highest BCUT2D eigenvalue weighted by molar-refractivity contribution is 5.92. The number of nitrogens with one attached hydrogen (secondary N) is 1. The smallest absolute Gasteiger partial charge is 0.417 e. The van der Waals surface area contributed by atoms with E-state index < -0.39 is 11.7 Å². The molecule has 0 aliphatic carbocycles. The maximum atomic E-state index is 13.2. The molecule has 1 atom stereocenters. The molecule has 138 valence electrons. The highest BCUT2D eigenvalue weighted by atomic mass is 19.4. The lowest BCUT2D eigenvalue weighted by molar-refractivity contribution is -0.137. The molecular formula is C19H19F3N2O2. The normalized spacial score (nSPS) is 25.3. The number of halogens is 3. The van der Waals surface area contributed by atoms with Gasteiger partial charge in [0.05, 0.1) is 5.56 Å². The van der Waals surface area contributed by atoms with E-state index in [2.05, 4.69) is 10.2 Å².